The van der Waals surface area contributed by atoms with E-state index in [0.717, 1.165) is 6.42 Å². The van der Waals surface area contributed by atoms with Crippen molar-refractivity contribution in [1.82, 2.24) is 0 Å². The maximum atomic E-state index is 10.8. The summed E-state index contributed by atoms with van der Waals surface area (Å²) in [5, 5.41) is 0. The molecule has 0 aliphatic carbocycles. The average Bonchev–Trinajstić information content (AvgIpc) is 2.26. The summed E-state index contributed by atoms with van der Waals surface area (Å²) >= 11 is 0. The summed E-state index contributed by atoms with van der Waals surface area (Å²) in [5.41, 5.74) is 1.24. The predicted octanol–water partition coefficient (Wildman–Crippen LogP) is 5.44. The van der Waals surface area contributed by atoms with Crippen LogP contribution >= 0.6 is 0 Å². The predicted molar refractivity (Wildman–Crippen MR) is 76.3 cm³/mol. The van der Waals surface area contributed by atoms with Gasteiger partial charge in [-0.1, -0.05) is 63.9 Å². The third-order valence-corrected chi connectivity index (χ3v) is 3.12. The van der Waals surface area contributed by atoms with Gasteiger partial charge >= 0.3 is 0 Å². The third-order valence-electron chi connectivity index (χ3n) is 3.12. The molecule has 17 heavy (non-hydrogen) atoms. The van der Waals surface area contributed by atoms with E-state index in [1.165, 1.54) is 63.4 Å². The zero-order valence-corrected chi connectivity index (χ0v) is 12.1. The number of rotatable bonds is 11. The molecule has 0 spiro atoms. The first kappa shape index (κ1) is 16.4. The highest BCUT2D eigenvalue weighted by molar-refractivity contribution is 5.87. The molecule has 0 saturated heterocycles. The topological polar surface area (TPSA) is 17.1 Å². The molecule has 0 bridgehead atoms. The summed E-state index contributed by atoms with van der Waals surface area (Å²) in [7, 11) is 0. The molecule has 0 atom stereocenters. The normalized spacial score (nSPS) is 11.8. The fourth-order valence-corrected chi connectivity index (χ4v) is 2.13. The summed E-state index contributed by atoms with van der Waals surface area (Å²) < 4.78 is 0. The van der Waals surface area contributed by atoms with Crippen LogP contribution in [0.3, 0.4) is 0 Å². The minimum Gasteiger partial charge on any atom is -0.295 e. The van der Waals surface area contributed by atoms with E-state index in [9.17, 15) is 4.79 Å². The molecule has 1 nitrogen and oxygen atoms in total. The van der Waals surface area contributed by atoms with Gasteiger partial charge in [0, 0.05) is 0 Å². The monoisotopic (exact) mass is 238 g/mol. The third kappa shape index (κ3) is 13.3. The lowest BCUT2D eigenvalue weighted by Gasteiger charge is -2.02. The summed E-state index contributed by atoms with van der Waals surface area (Å²) in [6.45, 7) is 5.95. The highest BCUT2D eigenvalue weighted by Crippen LogP contribution is 2.12. The molecule has 1 heteroatoms. The summed E-state index contributed by atoms with van der Waals surface area (Å²) in [4.78, 5) is 10.8. The van der Waals surface area contributed by atoms with Crippen LogP contribution in [0, 0.1) is 0 Å². The van der Waals surface area contributed by atoms with Gasteiger partial charge in [-0.25, -0.2) is 0 Å². The van der Waals surface area contributed by atoms with Gasteiger partial charge in [-0.05, 0) is 32.8 Å². The van der Waals surface area contributed by atoms with Crippen LogP contribution in [0.2, 0.25) is 0 Å². The summed E-state index contributed by atoms with van der Waals surface area (Å²) in [6.07, 6.45) is 15.1. The Balaban J connectivity index is 3.21. The molecule has 0 radical (unpaired) electrons. The standard InChI is InChI=1S/C16H30O/c1-4-5-6-7-8-9-10-11-12-13-15(2)14-16(3)17/h14H,4-13H2,1-3H3. The average molecular weight is 238 g/mol. The number of unbranched alkanes of at least 4 members (excludes halogenated alkanes) is 8. The molecule has 0 unspecified atom stereocenters. The van der Waals surface area contributed by atoms with Crippen LogP contribution in [-0.4, -0.2) is 5.78 Å². The number of carbonyl (C=O) groups is 1. The Morgan fingerprint density at radius 3 is 1.76 bits per heavy atom. The molecular weight excluding hydrogens is 208 g/mol. The lowest BCUT2D eigenvalue weighted by atomic mass is 10.0. The fourth-order valence-electron chi connectivity index (χ4n) is 2.13. The summed E-state index contributed by atoms with van der Waals surface area (Å²) in [6, 6.07) is 0. The Bertz CT molecular complexity index is 216. The Hall–Kier alpha value is -0.590. The molecule has 0 saturated carbocycles. The van der Waals surface area contributed by atoms with Gasteiger partial charge in [0.15, 0.2) is 5.78 Å². The van der Waals surface area contributed by atoms with E-state index in [-0.39, 0.29) is 5.78 Å². The minimum absolute atomic E-state index is 0.179. The first-order chi connectivity index (χ1) is 8.16. The zero-order valence-electron chi connectivity index (χ0n) is 12.1. The van der Waals surface area contributed by atoms with Crippen LogP contribution in [-0.2, 0) is 4.79 Å². The molecule has 0 aliphatic heterocycles. The molecule has 0 fully saturated rings. The van der Waals surface area contributed by atoms with Crippen LogP contribution in [0.4, 0.5) is 0 Å². The van der Waals surface area contributed by atoms with Gasteiger partial charge in [-0.2, -0.15) is 0 Å². The largest absolute Gasteiger partial charge is 0.295 e. The van der Waals surface area contributed by atoms with Crippen molar-refractivity contribution in [3.8, 4) is 0 Å². The van der Waals surface area contributed by atoms with E-state index in [1.807, 2.05) is 0 Å². The molecule has 0 aliphatic rings. The number of hydrogen-bond acceptors (Lipinski definition) is 1. The van der Waals surface area contributed by atoms with Crippen molar-refractivity contribution in [2.75, 3.05) is 0 Å². The lowest BCUT2D eigenvalue weighted by Crippen LogP contribution is -1.87. The van der Waals surface area contributed by atoms with Crippen LogP contribution in [0.5, 0.6) is 0 Å². The van der Waals surface area contributed by atoms with E-state index in [4.69, 9.17) is 0 Å². The van der Waals surface area contributed by atoms with Crippen molar-refractivity contribution in [3.05, 3.63) is 11.6 Å². The van der Waals surface area contributed by atoms with Gasteiger partial charge in [0.25, 0.3) is 0 Å². The Morgan fingerprint density at radius 2 is 1.29 bits per heavy atom. The number of allylic oxidation sites excluding steroid dienone is 2. The molecule has 0 aromatic rings. The van der Waals surface area contributed by atoms with E-state index >= 15 is 0 Å². The SMILES string of the molecule is CCCCCCCCCCCC(C)=CC(C)=O. The van der Waals surface area contributed by atoms with Gasteiger partial charge in [0.2, 0.25) is 0 Å². The second kappa shape index (κ2) is 11.9. The van der Waals surface area contributed by atoms with Crippen molar-refractivity contribution in [1.29, 1.82) is 0 Å². The number of hydrogen-bond donors (Lipinski definition) is 0. The molecule has 0 amide bonds. The molecule has 0 N–H and O–H groups in total. The van der Waals surface area contributed by atoms with Crippen molar-refractivity contribution >= 4 is 5.78 Å². The molecule has 0 aromatic heterocycles. The maximum Gasteiger partial charge on any atom is 0.152 e. The highest BCUT2D eigenvalue weighted by atomic mass is 16.1. The number of carbonyl (C=O) groups excluding carboxylic acids is 1. The van der Waals surface area contributed by atoms with Gasteiger partial charge in [0.1, 0.15) is 0 Å². The second-order valence-corrected chi connectivity index (χ2v) is 5.18. The molecular formula is C16H30O. The van der Waals surface area contributed by atoms with Gasteiger partial charge in [-0.15, -0.1) is 0 Å². The van der Waals surface area contributed by atoms with E-state index < -0.39 is 0 Å². The number of ketones is 1. The lowest BCUT2D eigenvalue weighted by molar-refractivity contribution is -0.112. The van der Waals surface area contributed by atoms with Crippen molar-refractivity contribution in [2.24, 2.45) is 0 Å². The second-order valence-electron chi connectivity index (χ2n) is 5.18. The minimum atomic E-state index is 0.179. The Morgan fingerprint density at radius 1 is 0.824 bits per heavy atom. The van der Waals surface area contributed by atoms with Crippen molar-refractivity contribution in [3.63, 3.8) is 0 Å². The summed E-state index contributed by atoms with van der Waals surface area (Å²) in [5.74, 6) is 0.179. The Labute approximate surface area is 108 Å². The zero-order chi connectivity index (χ0) is 12.9. The van der Waals surface area contributed by atoms with Gasteiger partial charge in [0.05, 0.1) is 0 Å². The van der Waals surface area contributed by atoms with Crippen LogP contribution < -0.4 is 0 Å². The van der Waals surface area contributed by atoms with E-state index in [0.29, 0.717) is 0 Å². The van der Waals surface area contributed by atoms with Crippen LogP contribution in [0.25, 0.3) is 0 Å². The first-order valence-electron chi connectivity index (χ1n) is 7.34. The fraction of sp³-hybridized carbons (Fsp3) is 0.812. The quantitative estimate of drug-likeness (QED) is 0.346. The highest BCUT2D eigenvalue weighted by Gasteiger charge is 1.94. The smallest absolute Gasteiger partial charge is 0.152 e. The molecule has 0 aromatic carbocycles. The van der Waals surface area contributed by atoms with Crippen LogP contribution in [0.15, 0.2) is 11.6 Å². The van der Waals surface area contributed by atoms with E-state index in [1.54, 1.807) is 13.0 Å². The molecule has 100 valence electrons. The van der Waals surface area contributed by atoms with Crippen LogP contribution in [0.1, 0.15) is 85.0 Å². The molecule has 0 heterocycles. The maximum absolute atomic E-state index is 10.8. The first-order valence-corrected chi connectivity index (χ1v) is 7.34. The van der Waals surface area contributed by atoms with Crippen molar-refractivity contribution < 1.29 is 4.79 Å². The Kier molecular flexibility index (Phi) is 11.5. The van der Waals surface area contributed by atoms with Crippen molar-refractivity contribution in [2.45, 2.75) is 85.0 Å². The van der Waals surface area contributed by atoms with E-state index in [2.05, 4.69) is 13.8 Å². The van der Waals surface area contributed by atoms with Gasteiger partial charge < -0.3 is 0 Å². The molecule has 0 rings (SSSR count). The van der Waals surface area contributed by atoms with Gasteiger partial charge in [-0.3, -0.25) is 4.79 Å².